The summed E-state index contributed by atoms with van der Waals surface area (Å²) in [6.07, 6.45) is 3.69. The van der Waals surface area contributed by atoms with Gasteiger partial charge in [-0.05, 0) is 36.5 Å². The fraction of sp³-hybridized carbons (Fsp3) is 0.375. The fourth-order valence-corrected chi connectivity index (χ4v) is 3.46. The van der Waals surface area contributed by atoms with Crippen LogP contribution in [-0.4, -0.2) is 9.97 Å². The van der Waals surface area contributed by atoms with Crippen molar-refractivity contribution in [2.75, 3.05) is 0 Å². The maximum atomic E-state index is 6.24. The van der Waals surface area contributed by atoms with Gasteiger partial charge in [0.15, 0.2) is 5.82 Å². The van der Waals surface area contributed by atoms with Gasteiger partial charge in [0.05, 0.1) is 0 Å². The van der Waals surface area contributed by atoms with E-state index in [9.17, 15) is 0 Å². The Labute approximate surface area is 134 Å². The topological polar surface area (TPSA) is 51.8 Å². The van der Waals surface area contributed by atoms with Crippen LogP contribution in [0.3, 0.4) is 0 Å². The smallest absolute Gasteiger partial charge is 0.159 e. The molecule has 0 saturated heterocycles. The lowest BCUT2D eigenvalue weighted by molar-refractivity contribution is 0.278. The first-order valence-electron chi connectivity index (χ1n) is 6.92. The summed E-state index contributed by atoms with van der Waals surface area (Å²) >= 11 is 12.1. The van der Waals surface area contributed by atoms with Crippen molar-refractivity contribution in [3.8, 4) is 11.4 Å². The molecular weight excluding hydrogens is 305 g/mol. The maximum absolute atomic E-state index is 6.24. The molecule has 0 aliphatic heterocycles. The second kappa shape index (κ2) is 5.24. The third-order valence-electron chi connectivity index (χ3n) is 3.84. The zero-order valence-electron chi connectivity index (χ0n) is 12.0. The standard InChI is InChI=1S/C16H17Cl2N3/c1-16(2)6-13(19)12-8-20-15(21-14(12)7-16)9-3-10(17)5-11(18)4-9/h3-5,8,13H,6-7,19H2,1-2H3. The van der Waals surface area contributed by atoms with Crippen molar-refractivity contribution in [1.82, 2.24) is 9.97 Å². The lowest BCUT2D eigenvalue weighted by Gasteiger charge is -2.34. The monoisotopic (exact) mass is 321 g/mol. The number of nitrogens with zero attached hydrogens (tertiary/aromatic N) is 2. The minimum atomic E-state index is 0.000694. The van der Waals surface area contributed by atoms with Crippen molar-refractivity contribution < 1.29 is 0 Å². The first-order chi connectivity index (χ1) is 9.84. The fourth-order valence-electron chi connectivity index (χ4n) is 2.93. The van der Waals surface area contributed by atoms with Crippen LogP contribution in [0, 0.1) is 5.41 Å². The van der Waals surface area contributed by atoms with Gasteiger partial charge in [0.1, 0.15) is 0 Å². The van der Waals surface area contributed by atoms with E-state index in [-0.39, 0.29) is 11.5 Å². The summed E-state index contributed by atoms with van der Waals surface area (Å²) in [6.45, 7) is 4.43. The van der Waals surface area contributed by atoms with E-state index in [2.05, 4.69) is 18.8 Å². The van der Waals surface area contributed by atoms with Crippen LogP contribution in [-0.2, 0) is 6.42 Å². The average Bonchev–Trinajstić information content (AvgIpc) is 2.35. The van der Waals surface area contributed by atoms with E-state index in [1.54, 1.807) is 6.07 Å². The molecule has 110 valence electrons. The highest BCUT2D eigenvalue weighted by molar-refractivity contribution is 6.35. The molecule has 21 heavy (non-hydrogen) atoms. The summed E-state index contributed by atoms with van der Waals surface area (Å²) in [5.74, 6) is 0.642. The molecule has 1 aliphatic carbocycles. The molecule has 0 bridgehead atoms. The molecule has 0 spiro atoms. The van der Waals surface area contributed by atoms with Crippen molar-refractivity contribution >= 4 is 23.2 Å². The second-order valence-corrected chi connectivity index (χ2v) is 7.28. The molecule has 0 saturated carbocycles. The van der Waals surface area contributed by atoms with Crippen LogP contribution >= 0.6 is 23.2 Å². The van der Waals surface area contributed by atoms with Crippen LogP contribution < -0.4 is 5.73 Å². The molecule has 2 N–H and O–H groups in total. The van der Waals surface area contributed by atoms with Crippen molar-refractivity contribution in [3.05, 3.63) is 45.7 Å². The van der Waals surface area contributed by atoms with E-state index < -0.39 is 0 Å². The van der Waals surface area contributed by atoms with Crippen molar-refractivity contribution in [3.63, 3.8) is 0 Å². The highest BCUT2D eigenvalue weighted by Crippen LogP contribution is 2.39. The van der Waals surface area contributed by atoms with Crippen molar-refractivity contribution in [1.29, 1.82) is 0 Å². The number of rotatable bonds is 1. The molecule has 0 fully saturated rings. The average molecular weight is 322 g/mol. The molecule has 1 aliphatic rings. The number of halogens is 2. The van der Waals surface area contributed by atoms with Crippen LogP contribution in [0.15, 0.2) is 24.4 Å². The summed E-state index contributed by atoms with van der Waals surface area (Å²) in [5, 5.41) is 1.16. The Morgan fingerprint density at radius 2 is 1.86 bits per heavy atom. The number of fused-ring (bicyclic) bond motifs is 1. The Hall–Kier alpha value is -1.16. The molecule has 1 unspecified atom stereocenters. The zero-order chi connectivity index (χ0) is 15.2. The Morgan fingerprint density at radius 1 is 1.19 bits per heavy atom. The van der Waals surface area contributed by atoms with Crippen LogP contribution in [0.5, 0.6) is 0 Å². The molecule has 0 amide bonds. The Bertz CT molecular complexity index is 678. The molecule has 3 rings (SSSR count). The molecule has 1 heterocycles. The summed E-state index contributed by atoms with van der Waals surface area (Å²) in [5.41, 5.74) is 9.29. The zero-order valence-corrected chi connectivity index (χ0v) is 13.5. The molecule has 1 aromatic carbocycles. The summed E-state index contributed by atoms with van der Waals surface area (Å²) in [4.78, 5) is 9.14. The van der Waals surface area contributed by atoms with Gasteiger partial charge < -0.3 is 5.73 Å². The molecular formula is C16H17Cl2N3. The van der Waals surface area contributed by atoms with E-state index >= 15 is 0 Å². The van der Waals surface area contributed by atoms with Crippen LogP contribution in [0.2, 0.25) is 10.0 Å². The Morgan fingerprint density at radius 3 is 2.52 bits per heavy atom. The van der Waals surface area contributed by atoms with Gasteiger partial charge in [0, 0.05) is 39.1 Å². The first-order valence-corrected chi connectivity index (χ1v) is 7.67. The lowest BCUT2D eigenvalue weighted by atomic mass is 9.74. The number of aromatic nitrogens is 2. The number of nitrogens with two attached hydrogens (primary N) is 1. The minimum Gasteiger partial charge on any atom is -0.324 e. The van der Waals surface area contributed by atoms with Gasteiger partial charge in [-0.1, -0.05) is 37.0 Å². The van der Waals surface area contributed by atoms with Crippen LogP contribution in [0.25, 0.3) is 11.4 Å². The molecule has 3 nitrogen and oxygen atoms in total. The van der Waals surface area contributed by atoms with Gasteiger partial charge in [-0.25, -0.2) is 9.97 Å². The normalized spacial score (nSPS) is 20.1. The lowest BCUT2D eigenvalue weighted by Crippen LogP contribution is -2.30. The van der Waals surface area contributed by atoms with Gasteiger partial charge in [-0.3, -0.25) is 0 Å². The molecule has 1 aromatic heterocycles. The predicted molar refractivity (Wildman–Crippen MR) is 86.5 cm³/mol. The quantitative estimate of drug-likeness (QED) is 0.845. The third kappa shape index (κ3) is 3.05. The minimum absolute atomic E-state index is 0.000694. The molecule has 1 atom stereocenters. The van der Waals surface area contributed by atoms with Gasteiger partial charge in [0.25, 0.3) is 0 Å². The van der Waals surface area contributed by atoms with E-state index in [4.69, 9.17) is 33.9 Å². The van der Waals surface area contributed by atoms with E-state index in [0.717, 1.165) is 29.7 Å². The van der Waals surface area contributed by atoms with Gasteiger partial charge >= 0.3 is 0 Å². The number of hydrogen-bond donors (Lipinski definition) is 1. The van der Waals surface area contributed by atoms with Crippen molar-refractivity contribution in [2.45, 2.75) is 32.7 Å². The maximum Gasteiger partial charge on any atom is 0.159 e. The number of benzene rings is 1. The second-order valence-electron chi connectivity index (χ2n) is 6.41. The SMILES string of the molecule is CC1(C)Cc2nc(-c3cc(Cl)cc(Cl)c3)ncc2C(N)C1. The van der Waals surface area contributed by atoms with Crippen LogP contribution in [0.4, 0.5) is 0 Å². The highest BCUT2D eigenvalue weighted by Gasteiger charge is 2.31. The third-order valence-corrected chi connectivity index (χ3v) is 4.28. The van der Waals surface area contributed by atoms with E-state index in [1.165, 1.54) is 0 Å². The van der Waals surface area contributed by atoms with Gasteiger partial charge in [-0.15, -0.1) is 0 Å². The van der Waals surface area contributed by atoms with Gasteiger partial charge in [0.2, 0.25) is 0 Å². The summed E-state index contributed by atoms with van der Waals surface area (Å²) < 4.78 is 0. The highest BCUT2D eigenvalue weighted by atomic mass is 35.5. The van der Waals surface area contributed by atoms with Crippen LogP contribution in [0.1, 0.15) is 37.6 Å². The Balaban J connectivity index is 2.07. The molecule has 2 aromatic rings. The number of hydrogen-bond acceptors (Lipinski definition) is 3. The summed E-state index contributed by atoms with van der Waals surface area (Å²) in [6, 6.07) is 5.34. The largest absolute Gasteiger partial charge is 0.324 e. The predicted octanol–water partition coefficient (Wildman–Crippen LogP) is 4.42. The van der Waals surface area contributed by atoms with Gasteiger partial charge in [-0.2, -0.15) is 0 Å². The van der Waals surface area contributed by atoms with E-state index in [0.29, 0.717) is 15.9 Å². The molecule has 0 radical (unpaired) electrons. The van der Waals surface area contributed by atoms with Crippen molar-refractivity contribution in [2.24, 2.45) is 11.1 Å². The Kier molecular flexibility index (Phi) is 3.68. The summed E-state index contributed by atoms with van der Waals surface area (Å²) in [7, 11) is 0. The van der Waals surface area contributed by atoms with E-state index in [1.807, 2.05) is 18.3 Å². The first kappa shape index (κ1) is 14.8. The molecule has 5 heteroatoms.